The molecule has 11 heavy (non-hydrogen) atoms. The summed E-state index contributed by atoms with van der Waals surface area (Å²) >= 11 is 11.5. The number of aromatic nitrogens is 1. The van der Waals surface area contributed by atoms with Gasteiger partial charge in [0.15, 0.2) is 0 Å². The summed E-state index contributed by atoms with van der Waals surface area (Å²) in [6.45, 7) is 1.80. The molecule has 0 unspecified atom stereocenters. The van der Waals surface area contributed by atoms with Crippen LogP contribution in [0.15, 0.2) is 6.07 Å². The highest BCUT2D eigenvalue weighted by Crippen LogP contribution is 2.19. The zero-order valence-corrected chi connectivity index (χ0v) is 7.45. The highest BCUT2D eigenvalue weighted by Gasteiger charge is 2.13. The van der Waals surface area contributed by atoms with Gasteiger partial charge in [0.2, 0.25) is 5.15 Å². The van der Waals surface area contributed by atoms with Gasteiger partial charge in [0.1, 0.15) is 5.02 Å². The molecule has 0 aromatic carbocycles. The average molecular weight is 193 g/mol. The molecular formula is C6H8Cl2N3+. The minimum Gasteiger partial charge on any atom is -0.284 e. The van der Waals surface area contributed by atoms with Crippen LogP contribution in [0.1, 0.15) is 5.56 Å². The fourth-order valence-corrected chi connectivity index (χ4v) is 1.13. The van der Waals surface area contributed by atoms with Gasteiger partial charge < -0.3 is 0 Å². The van der Waals surface area contributed by atoms with Crippen LogP contribution >= 0.6 is 23.2 Å². The summed E-state index contributed by atoms with van der Waals surface area (Å²) in [5.74, 6) is 5.72. The van der Waals surface area contributed by atoms with E-state index in [0.29, 0.717) is 10.2 Å². The Morgan fingerprint density at radius 3 is 2.55 bits per heavy atom. The number of hydrogen-bond donors (Lipinski definition) is 2. The average Bonchev–Trinajstić information content (AvgIpc) is 1.97. The molecule has 0 fully saturated rings. The van der Waals surface area contributed by atoms with E-state index in [0.717, 1.165) is 10.2 Å². The standard InChI is InChI=1S/C6H7Cl2N3/c1-3-2-4(7)6(9)11(10)5(3)8/h2,9H,10H2,1H3/p+1. The number of hydrogen-bond acceptors (Lipinski definition) is 2. The Morgan fingerprint density at radius 2 is 2.00 bits per heavy atom. The first-order valence-corrected chi connectivity index (χ1v) is 3.71. The summed E-state index contributed by atoms with van der Waals surface area (Å²) in [6, 6.07) is 1.67. The van der Waals surface area contributed by atoms with Gasteiger partial charge in [-0.15, -0.1) is 4.68 Å². The lowest BCUT2D eigenvalue weighted by Crippen LogP contribution is -2.48. The summed E-state index contributed by atoms with van der Waals surface area (Å²) < 4.78 is 1.15. The molecule has 0 atom stereocenters. The summed E-state index contributed by atoms with van der Waals surface area (Å²) in [5, 5.41) is 0.807. The summed E-state index contributed by atoms with van der Waals surface area (Å²) in [5.41, 5.74) is 6.27. The highest BCUT2D eigenvalue weighted by molar-refractivity contribution is 6.33. The first kappa shape index (κ1) is 8.43. The van der Waals surface area contributed by atoms with Crippen LogP contribution in [0.4, 0.5) is 5.82 Å². The van der Waals surface area contributed by atoms with E-state index in [-0.39, 0.29) is 5.82 Å². The minimum atomic E-state index is 0.266. The van der Waals surface area contributed by atoms with E-state index in [1.54, 1.807) is 13.0 Å². The monoisotopic (exact) mass is 192 g/mol. The number of halogens is 2. The highest BCUT2D eigenvalue weighted by atomic mass is 35.5. The third kappa shape index (κ3) is 1.34. The Morgan fingerprint density at radius 1 is 1.45 bits per heavy atom. The lowest BCUT2D eigenvalue weighted by atomic mass is 10.3. The Hall–Kier alpha value is -0.670. The zero-order valence-electron chi connectivity index (χ0n) is 5.94. The molecular weight excluding hydrogens is 185 g/mol. The maximum absolute atomic E-state index is 5.75. The van der Waals surface area contributed by atoms with Gasteiger partial charge in [0, 0.05) is 5.56 Å². The van der Waals surface area contributed by atoms with Crippen LogP contribution in [0.25, 0.3) is 0 Å². The second-order valence-corrected chi connectivity index (χ2v) is 2.99. The van der Waals surface area contributed by atoms with Crippen molar-refractivity contribution < 1.29 is 4.68 Å². The first-order chi connectivity index (χ1) is 5.04. The molecule has 1 aromatic heterocycles. The van der Waals surface area contributed by atoms with Crippen molar-refractivity contribution in [3.05, 3.63) is 21.8 Å². The van der Waals surface area contributed by atoms with Crippen LogP contribution in [0.3, 0.4) is 0 Å². The quantitative estimate of drug-likeness (QED) is 0.365. The summed E-state index contributed by atoms with van der Waals surface area (Å²) in [4.78, 5) is 0. The van der Waals surface area contributed by atoms with Crippen molar-refractivity contribution in [2.45, 2.75) is 6.92 Å². The number of nitrogens with zero attached hydrogens (tertiary/aromatic N) is 1. The Balaban J connectivity index is 3.46. The van der Waals surface area contributed by atoms with E-state index < -0.39 is 0 Å². The number of anilines is 1. The van der Waals surface area contributed by atoms with Crippen molar-refractivity contribution in [3.63, 3.8) is 0 Å². The molecule has 0 saturated heterocycles. The van der Waals surface area contributed by atoms with Crippen molar-refractivity contribution in [2.24, 2.45) is 0 Å². The Kier molecular flexibility index (Phi) is 2.11. The number of aryl methyl sites for hydroxylation is 1. The smallest absolute Gasteiger partial charge is 0.284 e. The number of rotatable bonds is 0. The molecule has 0 saturated carbocycles. The third-order valence-electron chi connectivity index (χ3n) is 1.38. The fraction of sp³-hybridized carbons (Fsp3) is 0.167. The second-order valence-electron chi connectivity index (χ2n) is 2.22. The number of nitrogen functional groups attached to an aromatic ring is 2. The van der Waals surface area contributed by atoms with Crippen molar-refractivity contribution in [3.8, 4) is 0 Å². The second kappa shape index (κ2) is 2.75. The summed E-state index contributed by atoms with van der Waals surface area (Å²) in [7, 11) is 0. The Bertz CT molecular complexity index is 272. The minimum absolute atomic E-state index is 0.266. The molecule has 0 aliphatic carbocycles. The molecule has 1 heterocycles. The predicted molar refractivity (Wildman–Crippen MR) is 46.0 cm³/mol. The molecule has 0 amide bonds. The maximum Gasteiger partial charge on any atom is 0.315 e. The first-order valence-electron chi connectivity index (χ1n) is 2.95. The van der Waals surface area contributed by atoms with Crippen LogP contribution in [-0.4, -0.2) is 0 Å². The maximum atomic E-state index is 5.75. The van der Waals surface area contributed by atoms with Crippen LogP contribution < -0.4 is 16.3 Å². The largest absolute Gasteiger partial charge is 0.315 e. The summed E-state index contributed by atoms with van der Waals surface area (Å²) in [6.07, 6.45) is 0. The van der Waals surface area contributed by atoms with E-state index in [1.165, 1.54) is 0 Å². The van der Waals surface area contributed by atoms with Crippen LogP contribution in [-0.2, 0) is 0 Å². The molecule has 0 aliphatic rings. The SMILES string of the molecule is Cc1cc(Cl)c(N)[n+](N)c1Cl. The molecule has 3 nitrogen and oxygen atoms in total. The van der Waals surface area contributed by atoms with Gasteiger partial charge in [-0.2, -0.15) is 0 Å². The molecule has 0 radical (unpaired) electrons. The van der Waals surface area contributed by atoms with E-state index >= 15 is 0 Å². The lowest BCUT2D eigenvalue weighted by Gasteiger charge is -2.01. The van der Waals surface area contributed by atoms with Crippen molar-refractivity contribution in [1.82, 2.24) is 0 Å². The van der Waals surface area contributed by atoms with Crippen molar-refractivity contribution in [2.75, 3.05) is 11.6 Å². The van der Waals surface area contributed by atoms with E-state index in [1.807, 2.05) is 0 Å². The van der Waals surface area contributed by atoms with E-state index in [2.05, 4.69) is 0 Å². The van der Waals surface area contributed by atoms with Crippen molar-refractivity contribution >= 4 is 29.0 Å². The Labute approximate surface area is 74.5 Å². The lowest BCUT2D eigenvalue weighted by molar-refractivity contribution is -0.621. The van der Waals surface area contributed by atoms with Crippen LogP contribution in [0.2, 0.25) is 10.2 Å². The number of pyridine rings is 1. The topological polar surface area (TPSA) is 55.9 Å². The molecule has 5 heteroatoms. The van der Waals surface area contributed by atoms with Gasteiger partial charge >= 0.3 is 5.82 Å². The molecule has 1 rings (SSSR count). The van der Waals surface area contributed by atoms with Crippen LogP contribution in [0, 0.1) is 6.92 Å². The number of nitrogens with two attached hydrogens (primary N) is 2. The van der Waals surface area contributed by atoms with Crippen molar-refractivity contribution in [1.29, 1.82) is 0 Å². The van der Waals surface area contributed by atoms with Gasteiger partial charge in [-0.25, -0.2) is 0 Å². The molecule has 4 N–H and O–H groups in total. The third-order valence-corrected chi connectivity index (χ3v) is 2.17. The molecule has 60 valence electrons. The van der Waals surface area contributed by atoms with Gasteiger partial charge in [-0.1, -0.05) is 11.6 Å². The molecule has 0 bridgehead atoms. The molecule has 0 spiro atoms. The molecule has 0 aliphatic heterocycles. The van der Waals surface area contributed by atoms with E-state index in [9.17, 15) is 0 Å². The zero-order chi connectivity index (χ0) is 8.59. The van der Waals surface area contributed by atoms with Gasteiger partial charge in [0.25, 0.3) is 0 Å². The van der Waals surface area contributed by atoms with E-state index in [4.69, 9.17) is 34.8 Å². The van der Waals surface area contributed by atoms with Crippen LogP contribution in [0.5, 0.6) is 0 Å². The molecule has 1 aromatic rings. The normalized spacial score (nSPS) is 10.1. The van der Waals surface area contributed by atoms with Gasteiger partial charge in [-0.3, -0.25) is 11.6 Å². The van der Waals surface area contributed by atoms with Gasteiger partial charge in [-0.05, 0) is 24.6 Å². The van der Waals surface area contributed by atoms with Gasteiger partial charge in [0.05, 0.1) is 0 Å². The fourth-order valence-electron chi connectivity index (χ4n) is 0.734. The predicted octanol–water partition coefficient (Wildman–Crippen LogP) is 0.885.